The van der Waals surface area contributed by atoms with Crippen molar-refractivity contribution in [3.63, 3.8) is 0 Å². The quantitative estimate of drug-likeness (QED) is 0.761. The van der Waals surface area contributed by atoms with Gasteiger partial charge in [0.15, 0.2) is 0 Å². The molecule has 0 bridgehead atoms. The van der Waals surface area contributed by atoms with Gasteiger partial charge in [-0.05, 0) is 12.0 Å². The molecule has 1 heterocycles. The van der Waals surface area contributed by atoms with E-state index in [1.54, 1.807) is 6.07 Å². The number of hydrogen-bond acceptors (Lipinski definition) is 3. The van der Waals surface area contributed by atoms with Gasteiger partial charge in [0.05, 0.1) is 18.6 Å². The molecule has 0 amide bonds. The Morgan fingerprint density at radius 3 is 2.36 bits per heavy atom. The first-order valence-corrected chi connectivity index (χ1v) is 5.08. The molecule has 80 valence electrons. The molecule has 3 heteroatoms. The molecular weight excluding hydrogens is 180 g/mol. The molecule has 0 saturated heterocycles. The molecule has 0 radical (unpaired) electrons. The predicted molar refractivity (Wildman–Crippen MR) is 53.7 cm³/mol. The summed E-state index contributed by atoms with van der Waals surface area (Å²) < 4.78 is 4.86. The molecular formula is C11H18O3. The van der Waals surface area contributed by atoms with E-state index in [1.165, 1.54) is 12.5 Å². The van der Waals surface area contributed by atoms with Crippen LogP contribution in [0.15, 0.2) is 23.0 Å². The fraction of sp³-hybridized carbons (Fsp3) is 0.636. The van der Waals surface area contributed by atoms with Crippen LogP contribution in [0.1, 0.15) is 38.4 Å². The maximum Gasteiger partial charge on any atom is 0.108 e. The van der Waals surface area contributed by atoms with E-state index >= 15 is 0 Å². The first-order chi connectivity index (χ1) is 6.70. The summed E-state index contributed by atoms with van der Waals surface area (Å²) in [6, 6.07) is 1.68. The van der Waals surface area contributed by atoms with E-state index in [-0.39, 0.29) is 5.92 Å². The van der Waals surface area contributed by atoms with Crippen LogP contribution in [-0.2, 0) is 0 Å². The Bertz CT molecular complexity index is 239. The molecule has 0 aliphatic heterocycles. The molecule has 0 fully saturated rings. The third-order valence-electron chi connectivity index (χ3n) is 2.74. The highest BCUT2D eigenvalue weighted by molar-refractivity contribution is 5.11. The van der Waals surface area contributed by atoms with Gasteiger partial charge in [0.2, 0.25) is 0 Å². The van der Waals surface area contributed by atoms with E-state index in [2.05, 4.69) is 0 Å². The standard InChI is InChI=1S/C11H18O3/c1-3-8(4-2)10(12)11(13)9-5-6-14-7-9/h5-8,10-13H,3-4H2,1-2H3. The van der Waals surface area contributed by atoms with E-state index in [1.807, 2.05) is 13.8 Å². The molecule has 3 nitrogen and oxygen atoms in total. The Balaban J connectivity index is 2.64. The van der Waals surface area contributed by atoms with Crippen LogP contribution in [0.5, 0.6) is 0 Å². The second-order valence-corrected chi connectivity index (χ2v) is 3.57. The van der Waals surface area contributed by atoms with Crippen LogP contribution in [0, 0.1) is 5.92 Å². The van der Waals surface area contributed by atoms with Gasteiger partial charge >= 0.3 is 0 Å². The van der Waals surface area contributed by atoms with Crippen LogP contribution >= 0.6 is 0 Å². The van der Waals surface area contributed by atoms with Gasteiger partial charge in [0, 0.05) is 5.56 Å². The van der Waals surface area contributed by atoms with Crippen molar-refractivity contribution in [1.82, 2.24) is 0 Å². The van der Waals surface area contributed by atoms with E-state index < -0.39 is 12.2 Å². The van der Waals surface area contributed by atoms with Crippen LogP contribution in [0.25, 0.3) is 0 Å². The van der Waals surface area contributed by atoms with Gasteiger partial charge in [-0.2, -0.15) is 0 Å². The zero-order chi connectivity index (χ0) is 10.6. The second kappa shape index (κ2) is 5.17. The van der Waals surface area contributed by atoms with E-state index in [0.29, 0.717) is 5.56 Å². The van der Waals surface area contributed by atoms with Crippen molar-refractivity contribution < 1.29 is 14.6 Å². The molecule has 0 aliphatic carbocycles. The topological polar surface area (TPSA) is 53.6 Å². The van der Waals surface area contributed by atoms with Crippen molar-refractivity contribution in [2.45, 2.75) is 38.9 Å². The average Bonchev–Trinajstić information content (AvgIpc) is 2.71. The second-order valence-electron chi connectivity index (χ2n) is 3.57. The summed E-state index contributed by atoms with van der Waals surface area (Å²) in [7, 11) is 0. The van der Waals surface area contributed by atoms with Crippen LogP contribution < -0.4 is 0 Å². The first kappa shape index (κ1) is 11.3. The Morgan fingerprint density at radius 1 is 1.29 bits per heavy atom. The van der Waals surface area contributed by atoms with Crippen molar-refractivity contribution in [1.29, 1.82) is 0 Å². The van der Waals surface area contributed by atoms with E-state index in [0.717, 1.165) is 12.8 Å². The summed E-state index contributed by atoms with van der Waals surface area (Å²) in [5.41, 5.74) is 0.643. The van der Waals surface area contributed by atoms with E-state index in [9.17, 15) is 10.2 Å². The summed E-state index contributed by atoms with van der Waals surface area (Å²) in [6.07, 6.45) is 3.16. The van der Waals surface area contributed by atoms with Crippen LogP contribution in [0.2, 0.25) is 0 Å². The Hall–Kier alpha value is -0.800. The van der Waals surface area contributed by atoms with Crippen LogP contribution in [0.4, 0.5) is 0 Å². The molecule has 1 rings (SSSR count). The summed E-state index contributed by atoms with van der Waals surface area (Å²) in [5, 5.41) is 19.7. The first-order valence-electron chi connectivity index (χ1n) is 5.08. The Morgan fingerprint density at radius 2 is 1.93 bits per heavy atom. The van der Waals surface area contributed by atoms with Crippen LogP contribution in [0.3, 0.4) is 0 Å². The Kier molecular flexibility index (Phi) is 4.17. The summed E-state index contributed by atoms with van der Waals surface area (Å²) in [5.74, 6) is 0.139. The highest BCUT2D eigenvalue weighted by atomic mass is 16.3. The maximum absolute atomic E-state index is 9.86. The molecule has 1 aromatic heterocycles. The SMILES string of the molecule is CCC(CC)C(O)C(O)c1ccoc1. The lowest BCUT2D eigenvalue weighted by atomic mass is 9.91. The highest BCUT2D eigenvalue weighted by Gasteiger charge is 2.25. The number of aliphatic hydroxyl groups is 2. The summed E-state index contributed by atoms with van der Waals surface area (Å²) >= 11 is 0. The zero-order valence-corrected chi connectivity index (χ0v) is 8.68. The average molecular weight is 198 g/mol. The van der Waals surface area contributed by atoms with Gasteiger partial charge in [-0.1, -0.05) is 26.7 Å². The molecule has 0 aromatic carbocycles. The largest absolute Gasteiger partial charge is 0.472 e. The van der Waals surface area contributed by atoms with Crippen molar-refractivity contribution in [3.8, 4) is 0 Å². The molecule has 0 aliphatic rings. The van der Waals surface area contributed by atoms with Crippen molar-refractivity contribution in [3.05, 3.63) is 24.2 Å². The lowest BCUT2D eigenvalue weighted by molar-refractivity contribution is -0.0212. The molecule has 14 heavy (non-hydrogen) atoms. The van der Waals surface area contributed by atoms with Crippen molar-refractivity contribution >= 4 is 0 Å². The number of rotatable bonds is 5. The van der Waals surface area contributed by atoms with Crippen molar-refractivity contribution in [2.24, 2.45) is 5.92 Å². The monoisotopic (exact) mass is 198 g/mol. The normalized spacial score (nSPS) is 15.8. The third-order valence-corrected chi connectivity index (χ3v) is 2.74. The van der Waals surface area contributed by atoms with Gasteiger partial charge in [-0.15, -0.1) is 0 Å². The fourth-order valence-corrected chi connectivity index (χ4v) is 1.67. The van der Waals surface area contributed by atoms with Crippen LogP contribution in [-0.4, -0.2) is 16.3 Å². The smallest absolute Gasteiger partial charge is 0.108 e. The molecule has 1 aromatic rings. The minimum atomic E-state index is -0.835. The van der Waals surface area contributed by atoms with Gasteiger partial charge < -0.3 is 14.6 Å². The number of hydrogen-bond donors (Lipinski definition) is 2. The number of aliphatic hydroxyl groups excluding tert-OH is 2. The predicted octanol–water partition coefficient (Wildman–Crippen LogP) is 2.11. The van der Waals surface area contributed by atoms with Gasteiger partial charge in [0.25, 0.3) is 0 Å². The lowest BCUT2D eigenvalue weighted by Gasteiger charge is -2.24. The maximum atomic E-state index is 9.86. The Labute approximate surface area is 84.4 Å². The third kappa shape index (κ3) is 2.36. The molecule has 0 saturated carbocycles. The van der Waals surface area contributed by atoms with Crippen molar-refractivity contribution in [2.75, 3.05) is 0 Å². The minimum absolute atomic E-state index is 0.139. The molecule has 0 spiro atoms. The molecule has 2 N–H and O–H groups in total. The van der Waals surface area contributed by atoms with E-state index in [4.69, 9.17) is 4.42 Å². The molecule has 2 atom stereocenters. The molecule has 2 unspecified atom stereocenters. The van der Waals surface area contributed by atoms with Gasteiger partial charge in [-0.25, -0.2) is 0 Å². The fourth-order valence-electron chi connectivity index (χ4n) is 1.67. The van der Waals surface area contributed by atoms with Gasteiger partial charge in [0.1, 0.15) is 6.10 Å². The lowest BCUT2D eigenvalue weighted by Crippen LogP contribution is -2.26. The number of furan rings is 1. The summed E-state index contributed by atoms with van der Waals surface area (Å²) in [4.78, 5) is 0. The minimum Gasteiger partial charge on any atom is -0.472 e. The zero-order valence-electron chi connectivity index (χ0n) is 8.68. The highest BCUT2D eigenvalue weighted by Crippen LogP contribution is 2.25. The summed E-state index contributed by atoms with van der Waals surface area (Å²) in [6.45, 7) is 4.03. The van der Waals surface area contributed by atoms with Gasteiger partial charge in [-0.3, -0.25) is 0 Å².